The van der Waals surface area contributed by atoms with Crippen molar-refractivity contribution in [3.63, 3.8) is 0 Å². The maximum atomic E-state index is 10.1. The molecule has 2 heterocycles. The first-order valence-corrected chi connectivity index (χ1v) is 12.5. The van der Waals surface area contributed by atoms with Crippen molar-refractivity contribution in [3.05, 3.63) is 83.4 Å². The molecule has 2 aliphatic rings. The molecule has 0 amide bonds. The average Bonchev–Trinajstić information content (AvgIpc) is 3.32. The van der Waals surface area contributed by atoms with E-state index in [4.69, 9.17) is 14.2 Å². The number of phenols is 2. The molecule has 6 nitrogen and oxygen atoms in total. The SMILES string of the molecule is COC[C@@H]1CCN(CCOc2ccc(C3Oc4ccc(O)cc4C(C)=C3c3cccc(O)c3)cc2)C1. The average molecular weight is 488 g/mol. The van der Waals surface area contributed by atoms with Crippen LogP contribution < -0.4 is 9.47 Å². The lowest BCUT2D eigenvalue weighted by atomic mass is 9.86. The third kappa shape index (κ3) is 5.20. The number of rotatable bonds is 8. The zero-order valence-electron chi connectivity index (χ0n) is 20.8. The highest BCUT2D eigenvalue weighted by Crippen LogP contribution is 2.47. The summed E-state index contributed by atoms with van der Waals surface area (Å²) in [6.45, 7) is 6.56. The van der Waals surface area contributed by atoms with Gasteiger partial charge in [0.25, 0.3) is 0 Å². The van der Waals surface area contributed by atoms with Gasteiger partial charge in [0.1, 0.15) is 35.7 Å². The van der Waals surface area contributed by atoms with Crippen LogP contribution in [-0.2, 0) is 4.74 Å². The van der Waals surface area contributed by atoms with Gasteiger partial charge in [0, 0.05) is 31.3 Å². The highest BCUT2D eigenvalue weighted by Gasteiger charge is 2.30. The summed E-state index contributed by atoms with van der Waals surface area (Å²) in [6.07, 6.45) is 0.821. The summed E-state index contributed by atoms with van der Waals surface area (Å²) in [4.78, 5) is 2.43. The molecule has 5 rings (SSSR count). The molecule has 6 heteroatoms. The third-order valence-electron chi connectivity index (χ3n) is 7.07. The van der Waals surface area contributed by atoms with E-state index in [1.165, 1.54) is 6.42 Å². The van der Waals surface area contributed by atoms with Gasteiger partial charge in [-0.15, -0.1) is 0 Å². The number of ether oxygens (including phenoxy) is 3. The van der Waals surface area contributed by atoms with Gasteiger partial charge >= 0.3 is 0 Å². The van der Waals surface area contributed by atoms with Crippen molar-refractivity contribution in [1.82, 2.24) is 4.90 Å². The second-order valence-corrected chi connectivity index (χ2v) is 9.60. The summed E-state index contributed by atoms with van der Waals surface area (Å²) in [6, 6.07) is 20.4. The van der Waals surface area contributed by atoms with Crippen LogP contribution in [0.5, 0.6) is 23.0 Å². The molecule has 188 valence electrons. The minimum absolute atomic E-state index is 0.190. The van der Waals surface area contributed by atoms with E-state index in [1.54, 1.807) is 37.4 Å². The van der Waals surface area contributed by atoms with Gasteiger partial charge in [-0.3, -0.25) is 4.90 Å². The minimum atomic E-state index is -0.361. The van der Waals surface area contributed by atoms with E-state index in [0.717, 1.165) is 65.6 Å². The molecule has 0 bridgehead atoms. The van der Waals surface area contributed by atoms with Gasteiger partial charge in [-0.05, 0) is 85.0 Å². The first-order chi connectivity index (χ1) is 17.5. The molecule has 0 saturated carbocycles. The van der Waals surface area contributed by atoms with E-state index in [9.17, 15) is 10.2 Å². The lowest BCUT2D eigenvalue weighted by Crippen LogP contribution is -2.26. The molecule has 0 spiro atoms. The zero-order valence-corrected chi connectivity index (χ0v) is 20.8. The highest BCUT2D eigenvalue weighted by molar-refractivity contribution is 5.95. The summed E-state index contributed by atoms with van der Waals surface area (Å²) >= 11 is 0. The van der Waals surface area contributed by atoms with Crippen LogP contribution in [0.1, 0.15) is 36.1 Å². The summed E-state index contributed by atoms with van der Waals surface area (Å²) in [5.74, 6) is 2.55. The summed E-state index contributed by atoms with van der Waals surface area (Å²) in [5.41, 5.74) is 4.67. The predicted octanol–water partition coefficient (Wildman–Crippen LogP) is 5.51. The second-order valence-electron chi connectivity index (χ2n) is 9.60. The Hall–Kier alpha value is -3.48. The van der Waals surface area contributed by atoms with E-state index in [2.05, 4.69) is 4.90 Å². The standard InChI is InChI=1S/C30H33NO5/c1-20-27-17-25(33)8-11-28(27)36-30(29(20)23-4-3-5-24(32)16-23)22-6-9-26(10-7-22)35-15-14-31-13-12-21(18-31)19-34-2/h3-11,16-17,21,30,32-33H,12-15,18-19H2,1-2H3/t21-,30?/m1/s1. The number of hydrogen-bond donors (Lipinski definition) is 2. The molecule has 0 aromatic heterocycles. The number of likely N-dealkylation sites (tertiary alicyclic amines) is 1. The molecule has 1 saturated heterocycles. The summed E-state index contributed by atoms with van der Waals surface area (Å²) in [5, 5.41) is 20.2. The lowest BCUT2D eigenvalue weighted by Gasteiger charge is -2.31. The number of phenolic OH excluding ortho intramolecular Hbond substituents is 2. The topological polar surface area (TPSA) is 71.4 Å². The fraction of sp³-hybridized carbons (Fsp3) is 0.333. The molecule has 0 radical (unpaired) electrons. The molecule has 1 unspecified atom stereocenters. The van der Waals surface area contributed by atoms with E-state index in [-0.39, 0.29) is 17.6 Å². The van der Waals surface area contributed by atoms with Gasteiger partial charge in [0.15, 0.2) is 0 Å². The van der Waals surface area contributed by atoms with Crippen LogP contribution in [-0.4, -0.2) is 55.1 Å². The number of fused-ring (bicyclic) bond motifs is 1. The first kappa shape index (κ1) is 24.2. The van der Waals surface area contributed by atoms with E-state index in [1.807, 2.05) is 43.3 Å². The summed E-state index contributed by atoms with van der Waals surface area (Å²) < 4.78 is 17.8. The molecule has 2 atom stereocenters. The Morgan fingerprint density at radius 3 is 2.58 bits per heavy atom. The van der Waals surface area contributed by atoms with E-state index >= 15 is 0 Å². The Bertz CT molecular complexity index is 1240. The largest absolute Gasteiger partial charge is 0.508 e. The van der Waals surface area contributed by atoms with E-state index in [0.29, 0.717) is 12.5 Å². The van der Waals surface area contributed by atoms with Crippen molar-refractivity contribution in [2.24, 2.45) is 5.92 Å². The van der Waals surface area contributed by atoms with Crippen LogP contribution >= 0.6 is 0 Å². The number of nitrogens with zero attached hydrogens (tertiary/aromatic N) is 1. The van der Waals surface area contributed by atoms with Crippen LogP contribution in [0.25, 0.3) is 11.1 Å². The lowest BCUT2D eigenvalue weighted by molar-refractivity contribution is 0.150. The second kappa shape index (κ2) is 10.6. The molecule has 3 aromatic carbocycles. The van der Waals surface area contributed by atoms with Gasteiger partial charge in [-0.25, -0.2) is 0 Å². The number of methoxy groups -OCH3 is 1. The highest BCUT2D eigenvalue weighted by atomic mass is 16.5. The Kier molecular flexibility index (Phi) is 7.16. The van der Waals surface area contributed by atoms with Gasteiger partial charge < -0.3 is 24.4 Å². The normalized spacial score (nSPS) is 19.7. The van der Waals surface area contributed by atoms with Crippen molar-refractivity contribution < 1.29 is 24.4 Å². The molecule has 3 aromatic rings. The maximum Gasteiger partial charge on any atom is 0.150 e. The molecule has 1 fully saturated rings. The van der Waals surface area contributed by atoms with Gasteiger partial charge in [-0.2, -0.15) is 0 Å². The van der Waals surface area contributed by atoms with Crippen LogP contribution in [0, 0.1) is 5.92 Å². The first-order valence-electron chi connectivity index (χ1n) is 12.5. The fourth-order valence-electron chi connectivity index (χ4n) is 5.24. The fourth-order valence-corrected chi connectivity index (χ4v) is 5.24. The molecule has 2 aliphatic heterocycles. The van der Waals surface area contributed by atoms with Crippen LogP contribution in [0.2, 0.25) is 0 Å². The summed E-state index contributed by atoms with van der Waals surface area (Å²) in [7, 11) is 1.77. The number of hydrogen-bond acceptors (Lipinski definition) is 6. The Labute approximate surface area is 212 Å². The van der Waals surface area contributed by atoms with Gasteiger partial charge in [0.2, 0.25) is 0 Å². The van der Waals surface area contributed by atoms with Crippen LogP contribution in [0.3, 0.4) is 0 Å². The third-order valence-corrected chi connectivity index (χ3v) is 7.07. The Morgan fingerprint density at radius 2 is 1.81 bits per heavy atom. The van der Waals surface area contributed by atoms with Crippen molar-refractivity contribution in [2.75, 3.05) is 40.0 Å². The number of aromatic hydroxyl groups is 2. The van der Waals surface area contributed by atoms with Crippen molar-refractivity contribution in [1.29, 1.82) is 0 Å². The monoisotopic (exact) mass is 487 g/mol. The molecular formula is C30H33NO5. The van der Waals surface area contributed by atoms with Gasteiger partial charge in [-0.1, -0.05) is 24.3 Å². The van der Waals surface area contributed by atoms with Crippen molar-refractivity contribution in [2.45, 2.75) is 19.4 Å². The molecule has 2 N–H and O–H groups in total. The predicted molar refractivity (Wildman–Crippen MR) is 140 cm³/mol. The molecule has 36 heavy (non-hydrogen) atoms. The molecular weight excluding hydrogens is 454 g/mol. The minimum Gasteiger partial charge on any atom is -0.508 e. The number of benzene rings is 3. The van der Waals surface area contributed by atoms with Crippen LogP contribution in [0.4, 0.5) is 0 Å². The maximum absolute atomic E-state index is 10.1. The van der Waals surface area contributed by atoms with Gasteiger partial charge in [0.05, 0.1) is 6.61 Å². The number of allylic oxidation sites excluding steroid dienone is 1. The van der Waals surface area contributed by atoms with Crippen molar-refractivity contribution >= 4 is 11.1 Å². The van der Waals surface area contributed by atoms with Crippen LogP contribution in [0.15, 0.2) is 66.7 Å². The Morgan fingerprint density at radius 1 is 1.00 bits per heavy atom. The molecule has 0 aliphatic carbocycles. The quantitative estimate of drug-likeness (QED) is 0.437. The Balaban J connectivity index is 1.33. The van der Waals surface area contributed by atoms with E-state index < -0.39 is 0 Å². The smallest absolute Gasteiger partial charge is 0.150 e. The zero-order chi connectivity index (χ0) is 25.1. The van der Waals surface area contributed by atoms with Crippen molar-refractivity contribution in [3.8, 4) is 23.0 Å².